The average molecular weight is 513 g/mol. The van der Waals surface area contributed by atoms with Gasteiger partial charge in [-0.2, -0.15) is 9.49 Å². The van der Waals surface area contributed by atoms with Crippen LogP contribution in [0.15, 0.2) is 35.4 Å². The molecular weight excluding hydrogens is 490 g/mol. The Labute approximate surface area is 210 Å². The summed E-state index contributed by atoms with van der Waals surface area (Å²) in [6, 6.07) is 4.11. The van der Waals surface area contributed by atoms with Crippen molar-refractivity contribution in [1.29, 1.82) is 0 Å². The van der Waals surface area contributed by atoms with Gasteiger partial charge in [-0.15, -0.1) is 0 Å². The molecule has 1 fully saturated rings. The summed E-state index contributed by atoms with van der Waals surface area (Å²) in [6.07, 6.45) is 6.08. The van der Waals surface area contributed by atoms with Gasteiger partial charge in [0.05, 0.1) is 30.6 Å². The average Bonchev–Trinajstić information content (AvgIpc) is 3.31. The molecule has 8 nitrogen and oxygen atoms in total. The molecule has 4 heterocycles. The number of hydrogen-bond donors (Lipinski definition) is 0. The highest BCUT2D eigenvalue weighted by molar-refractivity contribution is 6.30. The topological polar surface area (TPSA) is 77.6 Å². The normalized spacial score (nSPS) is 18.0. The highest BCUT2D eigenvalue weighted by atomic mass is 35.5. The van der Waals surface area contributed by atoms with Crippen molar-refractivity contribution in [3.63, 3.8) is 0 Å². The molecule has 1 atom stereocenters. The SMILES string of the molecule is Cn1cc([C@H]2CN(c3nc(-c4ccc(Cl)cc4F)n4c(=O)c5c(nc4c3F)CCCC5)CCO2)cn1. The van der Waals surface area contributed by atoms with Crippen LogP contribution >= 0.6 is 11.6 Å². The number of ether oxygens (including phenoxy) is 1. The van der Waals surface area contributed by atoms with Crippen LogP contribution < -0.4 is 10.5 Å². The van der Waals surface area contributed by atoms with Gasteiger partial charge >= 0.3 is 0 Å². The first kappa shape index (κ1) is 23.1. The fourth-order valence-corrected chi connectivity index (χ4v) is 5.16. The van der Waals surface area contributed by atoms with Gasteiger partial charge in [0.2, 0.25) is 5.82 Å². The van der Waals surface area contributed by atoms with Crippen LogP contribution in [0, 0.1) is 11.6 Å². The van der Waals surface area contributed by atoms with Crippen LogP contribution in [0.4, 0.5) is 14.6 Å². The number of aryl methyl sites for hydroxylation is 2. The summed E-state index contributed by atoms with van der Waals surface area (Å²) in [5.41, 5.74) is 1.47. The van der Waals surface area contributed by atoms with E-state index < -0.39 is 17.2 Å². The molecule has 186 valence electrons. The van der Waals surface area contributed by atoms with Crippen LogP contribution in [0.3, 0.4) is 0 Å². The van der Waals surface area contributed by atoms with Crippen LogP contribution in [0.1, 0.15) is 35.8 Å². The Balaban J connectivity index is 1.56. The van der Waals surface area contributed by atoms with Gasteiger partial charge in [-0.1, -0.05) is 11.6 Å². The van der Waals surface area contributed by atoms with Gasteiger partial charge in [0.15, 0.2) is 17.3 Å². The van der Waals surface area contributed by atoms with E-state index in [4.69, 9.17) is 16.3 Å². The molecule has 1 saturated heterocycles. The van der Waals surface area contributed by atoms with Gasteiger partial charge in [-0.3, -0.25) is 9.48 Å². The molecule has 36 heavy (non-hydrogen) atoms. The standard InChI is InChI=1S/C25H23ClF2N6O2/c1-32-12-14(11-29-32)20-13-33(8-9-36-20)23-21(28)24-30-19-5-3-2-4-17(19)25(35)34(24)22(31-23)16-7-6-15(26)10-18(16)27/h6-7,10-12,20H,2-5,8-9,13H2,1H3/t20-/m1/s1. The minimum atomic E-state index is -0.717. The lowest BCUT2D eigenvalue weighted by atomic mass is 9.97. The number of morpholine rings is 1. The van der Waals surface area contributed by atoms with E-state index in [1.54, 1.807) is 15.8 Å². The number of aromatic nitrogens is 5. The van der Waals surface area contributed by atoms with Gasteiger partial charge < -0.3 is 9.64 Å². The van der Waals surface area contributed by atoms with E-state index in [-0.39, 0.29) is 34.0 Å². The van der Waals surface area contributed by atoms with Gasteiger partial charge in [-0.25, -0.2) is 18.8 Å². The van der Waals surface area contributed by atoms with E-state index in [1.165, 1.54) is 12.1 Å². The first-order valence-electron chi connectivity index (χ1n) is 11.8. The van der Waals surface area contributed by atoms with Gasteiger partial charge in [0.25, 0.3) is 5.56 Å². The second-order valence-corrected chi connectivity index (χ2v) is 9.59. The molecule has 1 aliphatic carbocycles. The molecule has 0 spiro atoms. The highest BCUT2D eigenvalue weighted by Gasteiger charge is 2.30. The number of rotatable bonds is 3. The van der Waals surface area contributed by atoms with Gasteiger partial charge in [0.1, 0.15) is 11.9 Å². The van der Waals surface area contributed by atoms with Crippen molar-refractivity contribution in [2.45, 2.75) is 31.8 Å². The number of nitrogens with zero attached hydrogens (tertiary/aromatic N) is 6. The van der Waals surface area contributed by atoms with Crippen molar-refractivity contribution in [2.75, 3.05) is 24.6 Å². The van der Waals surface area contributed by atoms with E-state index in [0.29, 0.717) is 43.8 Å². The zero-order valence-electron chi connectivity index (χ0n) is 19.5. The zero-order valence-corrected chi connectivity index (χ0v) is 20.3. The molecule has 0 amide bonds. The van der Waals surface area contributed by atoms with E-state index >= 15 is 8.78 Å². The van der Waals surface area contributed by atoms with Crippen LogP contribution in [-0.4, -0.2) is 43.8 Å². The summed E-state index contributed by atoms with van der Waals surface area (Å²) in [6.45, 7) is 1.01. The van der Waals surface area contributed by atoms with E-state index in [9.17, 15) is 4.79 Å². The number of halogens is 3. The lowest BCUT2D eigenvalue weighted by Gasteiger charge is -2.34. The lowest BCUT2D eigenvalue weighted by Crippen LogP contribution is -2.40. The Kier molecular flexibility index (Phi) is 5.72. The minimum absolute atomic E-state index is 0.000741. The smallest absolute Gasteiger partial charge is 0.263 e. The van der Waals surface area contributed by atoms with Crippen molar-refractivity contribution in [2.24, 2.45) is 7.05 Å². The number of fused-ring (bicyclic) bond motifs is 2. The molecule has 3 aromatic heterocycles. The number of anilines is 1. The predicted octanol–water partition coefficient (Wildman–Crippen LogP) is 3.88. The fourth-order valence-electron chi connectivity index (χ4n) is 5.01. The maximum absolute atomic E-state index is 16.1. The Morgan fingerprint density at radius 3 is 2.78 bits per heavy atom. The van der Waals surface area contributed by atoms with Crippen LogP contribution in [0.2, 0.25) is 5.02 Å². The Bertz CT molecular complexity index is 1550. The van der Waals surface area contributed by atoms with E-state index in [2.05, 4.69) is 15.1 Å². The largest absolute Gasteiger partial charge is 0.370 e. The molecule has 2 aliphatic rings. The number of benzene rings is 1. The summed E-state index contributed by atoms with van der Waals surface area (Å²) in [5, 5.41) is 4.40. The maximum Gasteiger partial charge on any atom is 0.263 e. The van der Waals surface area contributed by atoms with Crippen molar-refractivity contribution in [1.82, 2.24) is 24.1 Å². The third-order valence-corrected chi connectivity index (χ3v) is 7.04. The lowest BCUT2D eigenvalue weighted by molar-refractivity contribution is 0.0392. The molecule has 1 aromatic carbocycles. The second kappa shape index (κ2) is 8.94. The van der Waals surface area contributed by atoms with E-state index in [1.807, 2.05) is 13.2 Å². The first-order chi connectivity index (χ1) is 17.4. The molecule has 0 saturated carbocycles. The third kappa shape index (κ3) is 3.84. The first-order valence-corrected chi connectivity index (χ1v) is 12.2. The van der Waals surface area contributed by atoms with Gasteiger partial charge in [0, 0.05) is 35.9 Å². The van der Waals surface area contributed by atoms with E-state index in [0.717, 1.165) is 28.9 Å². The third-order valence-electron chi connectivity index (χ3n) is 6.80. The molecule has 0 unspecified atom stereocenters. The summed E-state index contributed by atoms with van der Waals surface area (Å²) < 4.78 is 39.9. The minimum Gasteiger partial charge on any atom is -0.370 e. The molecule has 11 heteroatoms. The fraction of sp³-hybridized carbons (Fsp3) is 0.360. The molecular formula is C25H23ClF2N6O2. The quantitative estimate of drug-likeness (QED) is 0.414. The molecule has 0 radical (unpaired) electrons. The van der Waals surface area contributed by atoms with Crippen molar-refractivity contribution in [3.05, 3.63) is 74.4 Å². The molecule has 0 bridgehead atoms. The van der Waals surface area contributed by atoms with Crippen LogP contribution in [0.5, 0.6) is 0 Å². The monoisotopic (exact) mass is 512 g/mol. The summed E-state index contributed by atoms with van der Waals surface area (Å²) in [7, 11) is 1.81. The van der Waals surface area contributed by atoms with Crippen LogP contribution in [0.25, 0.3) is 17.0 Å². The molecule has 1 aliphatic heterocycles. The Morgan fingerprint density at radius 2 is 2.00 bits per heavy atom. The molecule has 4 aromatic rings. The summed E-state index contributed by atoms with van der Waals surface area (Å²) in [4.78, 5) is 24.4. The molecule has 6 rings (SSSR count). The second-order valence-electron chi connectivity index (χ2n) is 9.16. The Morgan fingerprint density at radius 1 is 1.17 bits per heavy atom. The maximum atomic E-state index is 16.1. The Hall–Kier alpha value is -3.37. The van der Waals surface area contributed by atoms with Gasteiger partial charge in [-0.05, 0) is 43.9 Å². The van der Waals surface area contributed by atoms with Crippen LogP contribution in [-0.2, 0) is 24.6 Å². The summed E-state index contributed by atoms with van der Waals surface area (Å²) in [5.74, 6) is -1.39. The van der Waals surface area contributed by atoms with Crippen molar-refractivity contribution >= 4 is 23.1 Å². The van der Waals surface area contributed by atoms with Crippen molar-refractivity contribution < 1.29 is 13.5 Å². The highest BCUT2D eigenvalue weighted by Crippen LogP contribution is 2.32. The molecule has 0 N–H and O–H groups in total. The number of hydrogen-bond acceptors (Lipinski definition) is 6. The van der Waals surface area contributed by atoms with Crippen molar-refractivity contribution in [3.8, 4) is 11.4 Å². The summed E-state index contributed by atoms with van der Waals surface area (Å²) >= 11 is 5.97. The zero-order chi connectivity index (χ0) is 25.0. The predicted molar refractivity (Wildman–Crippen MR) is 130 cm³/mol.